The number of carbonyl (C=O) groups is 4. The predicted octanol–water partition coefficient (Wildman–Crippen LogP) is 2.01. The first kappa shape index (κ1) is 23.1. The van der Waals surface area contributed by atoms with Crippen molar-refractivity contribution >= 4 is 23.6 Å². The highest BCUT2D eigenvalue weighted by molar-refractivity contribution is 6.05. The van der Waals surface area contributed by atoms with Crippen LogP contribution in [0.25, 0.3) is 11.3 Å². The Morgan fingerprint density at radius 2 is 1.97 bits per heavy atom. The molecule has 2 fully saturated rings. The van der Waals surface area contributed by atoms with Gasteiger partial charge in [0.05, 0.1) is 0 Å². The Kier molecular flexibility index (Phi) is 6.06. The first-order valence-corrected chi connectivity index (χ1v) is 11.8. The van der Waals surface area contributed by atoms with Gasteiger partial charge in [-0.15, -0.1) is 0 Å². The maximum absolute atomic E-state index is 15.6. The maximum Gasteiger partial charge on any atom is 0.255 e. The fourth-order valence-electron chi connectivity index (χ4n) is 5.06. The zero-order valence-electron chi connectivity index (χ0n) is 19.4. The van der Waals surface area contributed by atoms with Crippen molar-refractivity contribution in [1.29, 1.82) is 0 Å². The molecule has 10 heteroatoms. The van der Waals surface area contributed by atoms with Gasteiger partial charge in [-0.1, -0.05) is 6.07 Å². The van der Waals surface area contributed by atoms with Crippen molar-refractivity contribution in [2.75, 3.05) is 13.1 Å². The lowest BCUT2D eigenvalue weighted by Gasteiger charge is -2.38. The van der Waals surface area contributed by atoms with Crippen LogP contribution in [0, 0.1) is 5.82 Å². The van der Waals surface area contributed by atoms with E-state index in [0.29, 0.717) is 35.3 Å². The predicted molar refractivity (Wildman–Crippen MR) is 123 cm³/mol. The Morgan fingerprint density at radius 1 is 1.17 bits per heavy atom. The summed E-state index contributed by atoms with van der Waals surface area (Å²) in [5.41, 5.74) is 2.28. The van der Waals surface area contributed by atoms with E-state index in [0.717, 1.165) is 12.8 Å². The summed E-state index contributed by atoms with van der Waals surface area (Å²) in [7, 11) is 0. The number of carbonyl (C=O) groups excluding carboxylic acids is 4. The Balaban J connectivity index is 1.39. The molecule has 0 saturated carbocycles. The van der Waals surface area contributed by atoms with Gasteiger partial charge in [0.15, 0.2) is 5.82 Å². The summed E-state index contributed by atoms with van der Waals surface area (Å²) in [5.74, 6) is -1.62. The first-order chi connectivity index (χ1) is 16.8. The Hall–Kier alpha value is -3.66. The minimum Gasteiger partial charge on any atom is -0.322 e. The van der Waals surface area contributed by atoms with Gasteiger partial charge < -0.3 is 4.90 Å². The Labute approximate surface area is 201 Å². The molecular weight excluding hydrogens is 453 g/mol. The molecule has 0 aliphatic carbocycles. The fourth-order valence-corrected chi connectivity index (χ4v) is 5.06. The highest BCUT2D eigenvalue weighted by Gasteiger charge is 2.39. The second-order valence-corrected chi connectivity index (χ2v) is 9.14. The number of fused-ring (bicyclic) bond motifs is 1. The average molecular weight is 480 g/mol. The van der Waals surface area contributed by atoms with Crippen molar-refractivity contribution in [3.63, 3.8) is 0 Å². The van der Waals surface area contributed by atoms with Crippen LogP contribution in [0.15, 0.2) is 30.5 Å². The molecule has 3 aliphatic heterocycles. The van der Waals surface area contributed by atoms with E-state index in [1.165, 1.54) is 11.8 Å². The number of amides is 4. The number of imide groups is 1. The molecular formula is C25H26FN5O4. The minimum atomic E-state index is -0.706. The summed E-state index contributed by atoms with van der Waals surface area (Å²) in [6.45, 7) is 3.27. The summed E-state index contributed by atoms with van der Waals surface area (Å²) in [6, 6.07) is 5.94. The Morgan fingerprint density at radius 3 is 2.74 bits per heavy atom. The third-order valence-electron chi connectivity index (χ3n) is 6.86. The smallest absolute Gasteiger partial charge is 0.255 e. The highest BCUT2D eigenvalue weighted by Crippen LogP contribution is 2.32. The third-order valence-corrected chi connectivity index (χ3v) is 6.86. The van der Waals surface area contributed by atoms with E-state index in [4.69, 9.17) is 0 Å². The van der Waals surface area contributed by atoms with Gasteiger partial charge in [-0.25, -0.2) is 9.40 Å². The molecule has 182 valence electrons. The normalized spacial score (nSPS) is 20.7. The van der Waals surface area contributed by atoms with Crippen LogP contribution in [0.3, 0.4) is 0 Å². The van der Waals surface area contributed by atoms with Gasteiger partial charge in [-0.2, -0.15) is 0 Å². The lowest BCUT2D eigenvalue weighted by Crippen LogP contribution is -2.52. The van der Waals surface area contributed by atoms with Gasteiger partial charge in [0.25, 0.3) is 5.91 Å². The van der Waals surface area contributed by atoms with Crippen molar-refractivity contribution in [3.05, 3.63) is 53.0 Å². The zero-order chi connectivity index (χ0) is 24.7. The molecule has 4 amide bonds. The number of piperidine rings is 1. The van der Waals surface area contributed by atoms with E-state index in [-0.39, 0.29) is 49.3 Å². The van der Waals surface area contributed by atoms with Gasteiger partial charge in [0, 0.05) is 62.4 Å². The summed E-state index contributed by atoms with van der Waals surface area (Å²) in [6.07, 6.45) is 3.87. The molecule has 0 bridgehead atoms. The molecule has 1 N–H and O–H groups in total. The first-order valence-electron chi connectivity index (χ1n) is 11.8. The van der Waals surface area contributed by atoms with E-state index >= 15 is 4.39 Å². The number of aromatic nitrogens is 1. The summed E-state index contributed by atoms with van der Waals surface area (Å²) < 4.78 is 15.6. The quantitative estimate of drug-likeness (QED) is 0.673. The van der Waals surface area contributed by atoms with E-state index in [1.54, 1.807) is 35.5 Å². The van der Waals surface area contributed by atoms with Gasteiger partial charge >= 0.3 is 0 Å². The van der Waals surface area contributed by atoms with E-state index in [1.807, 2.05) is 5.01 Å². The van der Waals surface area contributed by atoms with Crippen LogP contribution in [0.4, 0.5) is 4.39 Å². The topological polar surface area (TPSA) is 103 Å². The van der Waals surface area contributed by atoms with Gasteiger partial charge in [0.2, 0.25) is 17.7 Å². The number of hydrogen-bond donors (Lipinski definition) is 1. The van der Waals surface area contributed by atoms with Crippen molar-refractivity contribution in [1.82, 2.24) is 25.2 Å². The van der Waals surface area contributed by atoms with Crippen molar-refractivity contribution in [3.8, 4) is 11.3 Å². The molecule has 2 saturated heterocycles. The number of benzene rings is 1. The number of nitrogens with one attached hydrogen (secondary N) is 1. The largest absolute Gasteiger partial charge is 0.322 e. The summed E-state index contributed by atoms with van der Waals surface area (Å²) in [5, 5.41) is 5.82. The summed E-state index contributed by atoms with van der Waals surface area (Å²) >= 11 is 0. The highest BCUT2D eigenvalue weighted by atomic mass is 19.1. The number of halogens is 1. The number of pyridine rings is 1. The molecule has 2 aromatic rings. The van der Waals surface area contributed by atoms with Crippen LogP contribution < -0.4 is 5.32 Å². The molecule has 5 rings (SSSR count). The van der Waals surface area contributed by atoms with Crippen LogP contribution >= 0.6 is 0 Å². The third kappa shape index (κ3) is 4.29. The van der Waals surface area contributed by atoms with Crippen LogP contribution in [0.2, 0.25) is 0 Å². The van der Waals surface area contributed by atoms with E-state index in [2.05, 4.69) is 10.3 Å². The second kappa shape index (κ2) is 9.18. The molecule has 1 atom stereocenters. The van der Waals surface area contributed by atoms with Gasteiger partial charge in [-0.3, -0.25) is 34.5 Å². The van der Waals surface area contributed by atoms with E-state index < -0.39 is 17.8 Å². The molecule has 0 spiro atoms. The number of nitrogens with zero attached hydrogens (tertiary/aromatic N) is 4. The summed E-state index contributed by atoms with van der Waals surface area (Å²) in [4.78, 5) is 54.4. The van der Waals surface area contributed by atoms with Crippen molar-refractivity contribution in [2.24, 2.45) is 0 Å². The van der Waals surface area contributed by atoms with Gasteiger partial charge in [-0.05, 0) is 43.0 Å². The van der Waals surface area contributed by atoms with Crippen LogP contribution in [-0.2, 0) is 27.5 Å². The molecule has 1 aromatic heterocycles. The molecule has 4 heterocycles. The van der Waals surface area contributed by atoms with Crippen LogP contribution in [0.5, 0.6) is 0 Å². The SMILES string of the molecule is CC(=O)N1CCCCN1Cc1ccnc(-c2ccc3c(c2)CN(C2CCC(=O)NC2=O)C3=O)c1F. The maximum atomic E-state index is 15.6. The lowest BCUT2D eigenvalue weighted by atomic mass is 10.0. The average Bonchev–Trinajstić information content (AvgIpc) is 3.16. The fraction of sp³-hybridized carbons (Fsp3) is 0.400. The molecule has 3 aliphatic rings. The number of rotatable bonds is 4. The number of hydrogen-bond acceptors (Lipinski definition) is 6. The van der Waals surface area contributed by atoms with Gasteiger partial charge in [0.1, 0.15) is 11.7 Å². The van der Waals surface area contributed by atoms with Crippen LogP contribution in [-0.4, -0.2) is 62.7 Å². The minimum absolute atomic E-state index is 0.0664. The lowest BCUT2D eigenvalue weighted by molar-refractivity contribution is -0.152. The monoisotopic (exact) mass is 479 g/mol. The molecule has 0 radical (unpaired) electrons. The molecule has 1 aromatic carbocycles. The zero-order valence-corrected chi connectivity index (χ0v) is 19.4. The molecule has 1 unspecified atom stereocenters. The molecule has 35 heavy (non-hydrogen) atoms. The van der Waals surface area contributed by atoms with Crippen LogP contribution in [0.1, 0.15) is 54.1 Å². The number of hydrazine groups is 1. The standard InChI is InChI=1S/C25H26FN5O4/c1-15(32)31-11-3-2-10-29(31)13-17-8-9-27-23(22(17)26)16-4-5-19-18(12-16)14-30(25(19)35)20-6-7-21(33)28-24(20)34/h4-5,8-9,12,20H,2-3,6-7,10-11,13-14H2,1H3,(H,28,33,34). The van der Waals surface area contributed by atoms with Crippen molar-refractivity contribution < 1.29 is 23.6 Å². The second-order valence-electron chi connectivity index (χ2n) is 9.14. The van der Waals surface area contributed by atoms with E-state index in [9.17, 15) is 19.2 Å². The Bertz CT molecular complexity index is 1230. The molecule has 9 nitrogen and oxygen atoms in total. The van der Waals surface area contributed by atoms with Crippen molar-refractivity contribution in [2.45, 2.75) is 51.7 Å².